The van der Waals surface area contributed by atoms with Crippen molar-refractivity contribution in [1.29, 1.82) is 0 Å². The quantitative estimate of drug-likeness (QED) is 0.832. The molecule has 0 aliphatic heterocycles. The van der Waals surface area contributed by atoms with Crippen molar-refractivity contribution in [3.8, 4) is 5.75 Å². The minimum atomic E-state index is 0.487. The van der Waals surface area contributed by atoms with Crippen molar-refractivity contribution >= 4 is 5.69 Å². The van der Waals surface area contributed by atoms with Crippen molar-refractivity contribution in [3.63, 3.8) is 0 Å². The fourth-order valence-electron chi connectivity index (χ4n) is 2.96. The third kappa shape index (κ3) is 3.89. The summed E-state index contributed by atoms with van der Waals surface area (Å²) >= 11 is 0. The molecule has 0 aromatic heterocycles. The van der Waals surface area contributed by atoms with Gasteiger partial charge in [0.2, 0.25) is 0 Å². The number of hydrogen-bond acceptors (Lipinski definition) is 3. The Labute approximate surface area is 122 Å². The first-order valence-corrected chi connectivity index (χ1v) is 7.94. The van der Waals surface area contributed by atoms with Gasteiger partial charge in [-0.2, -0.15) is 0 Å². The minimum absolute atomic E-state index is 0.487. The summed E-state index contributed by atoms with van der Waals surface area (Å²) in [6.45, 7) is 5.78. The molecule has 0 radical (unpaired) electrons. The molecule has 0 heterocycles. The second-order valence-corrected chi connectivity index (χ2v) is 5.88. The van der Waals surface area contributed by atoms with Crippen LogP contribution >= 0.6 is 0 Å². The molecular weight excluding hydrogens is 248 g/mol. The Kier molecular flexibility index (Phi) is 5.72. The Balaban J connectivity index is 2.10. The number of aryl methyl sites for hydroxylation is 1. The van der Waals surface area contributed by atoms with Crippen molar-refractivity contribution in [2.24, 2.45) is 11.7 Å². The number of nitrogens with two attached hydrogens (primary N) is 1. The third-order valence-electron chi connectivity index (χ3n) is 4.15. The summed E-state index contributed by atoms with van der Waals surface area (Å²) in [5.41, 5.74) is 8.27. The Morgan fingerprint density at radius 3 is 2.85 bits per heavy atom. The van der Waals surface area contributed by atoms with Crippen LogP contribution in [0.5, 0.6) is 5.75 Å². The first kappa shape index (κ1) is 15.2. The van der Waals surface area contributed by atoms with Gasteiger partial charge in [-0.3, -0.25) is 0 Å². The number of benzene rings is 1. The maximum atomic E-state index is 5.92. The lowest BCUT2D eigenvalue weighted by molar-refractivity contribution is 0.313. The highest BCUT2D eigenvalue weighted by molar-refractivity contribution is 5.58. The smallest absolute Gasteiger partial charge is 0.142 e. The molecule has 1 fully saturated rings. The van der Waals surface area contributed by atoms with E-state index >= 15 is 0 Å². The first-order valence-electron chi connectivity index (χ1n) is 7.94. The fourth-order valence-corrected chi connectivity index (χ4v) is 2.96. The van der Waals surface area contributed by atoms with Gasteiger partial charge >= 0.3 is 0 Å². The van der Waals surface area contributed by atoms with Gasteiger partial charge < -0.3 is 15.8 Å². The van der Waals surface area contributed by atoms with Gasteiger partial charge in [0, 0.05) is 6.04 Å². The summed E-state index contributed by atoms with van der Waals surface area (Å²) in [7, 11) is 0. The minimum Gasteiger partial charge on any atom is -0.491 e. The molecule has 0 saturated heterocycles. The topological polar surface area (TPSA) is 47.3 Å². The van der Waals surface area contributed by atoms with E-state index in [0.717, 1.165) is 31.0 Å². The zero-order chi connectivity index (χ0) is 14.4. The molecule has 2 atom stereocenters. The predicted molar refractivity (Wildman–Crippen MR) is 85.4 cm³/mol. The van der Waals surface area contributed by atoms with Gasteiger partial charge in [-0.1, -0.05) is 25.8 Å². The molecule has 3 N–H and O–H groups in total. The molecule has 2 unspecified atom stereocenters. The van der Waals surface area contributed by atoms with Crippen LogP contribution < -0.4 is 15.8 Å². The second kappa shape index (κ2) is 7.53. The van der Waals surface area contributed by atoms with Crippen molar-refractivity contribution in [2.45, 2.75) is 52.0 Å². The SMILES string of the molecule is CCCOc1cc(C)ccc1NC1CCCCC1CN. The summed E-state index contributed by atoms with van der Waals surface area (Å²) in [5, 5.41) is 3.68. The molecule has 1 aromatic carbocycles. The van der Waals surface area contributed by atoms with Crippen molar-refractivity contribution in [1.82, 2.24) is 0 Å². The standard InChI is InChI=1S/C17H28N2O/c1-3-10-20-17-11-13(2)8-9-16(17)19-15-7-5-4-6-14(15)12-18/h8-9,11,14-15,19H,3-7,10,12,18H2,1-2H3. The Morgan fingerprint density at radius 1 is 1.30 bits per heavy atom. The average Bonchev–Trinajstić information content (AvgIpc) is 2.48. The van der Waals surface area contributed by atoms with Gasteiger partial charge in [0.25, 0.3) is 0 Å². The van der Waals surface area contributed by atoms with E-state index in [0.29, 0.717) is 12.0 Å². The van der Waals surface area contributed by atoms with Crippen LogP contribution in [-0.4, -0.2) is 19.2 Å². The Bertz CT molecular complexity index is 419. The van der Waals surface area contributed by atoms with Gasteiger partial charge in [-0.15, -0.1) is 0 Å². The van der Waals surface area contributed by atoms with E-state index in [2.05, 4.69) is 37.4 Å². The molecule has 20 heavy (non-hydrogen) atoms. The van der Waals surface area contributed by atoms with E-state index in [-0.39, 0.29) is 0 Å². The largest absolute Gasteiger partial charge is 0.491 e. The highest BCUT2D eigenvalue weighted by Gasteiger charge is 2.24. The lowest BCUT2D eigenvalue weighted by atomic mass is 9.84. The maximum absolute atomic E-state index is 5.92. The van der Waals surface area contributed by atoms with Crippen LogP contribution in [0.1, 0.15) is 44.6 Å². The van der Waals surface area contributed by atoms with Gasteiger partial charge in [-0.25, -0.2) is 0 Å². The molecule has 3 heteroatoms. The van der Waals surface area contributed by atoms with Gasteiger partial charge in [0.05, 0.1) is 12.3 Å². The zero-order valence-corrected chi connectivity index (χ0v) is 12.8. The zero-order valence-electron chi connectivity index (χ0n) is 12.8. The lowest BCUT2D eigenvalue weighted by Gasteiger charge is -2.32. The molecule has 1 aliphatic rings. The normalized spacial score (nSPS) is 22.6. The number of hydrogen-bond donors (Lipinski definition) is 2. The van der Waals surface area contributed by atoms with Gasteiger partial charge in [0.15, 0.2) is 0 Å². The van der Waals surface area contributed by atoms with Crippen molar-refractivity contribution in [3.05, 3.63) is 23.8 Å². The molecule has 1 aromatic rings. The molecule has 112 valence electrons. The van der Waals surface area contributed by atoms with E-state index in [1.54, 1.807) is 0 Å². The summed E-state index contributed by atoms with van der Waals surface area (Å²) in [4.78, 5) is 0. The van der Waals surface area contributed by atoms with Crippen molar-refractivity contribution in [2.75, 3.05) is 18.5 Å². The monoisotopic (exact) mass is 276 g/mol. The molecule has 1 saturated carbocycles. The molecule has 2 rings (SSSR count). The number of nitrogens with one attached hydrogen (secondary N) is 1. The number of anilines is 1. The first-order chi connectivity index (χ1) is 9.74. The summed E-state index contributed by atoms with van der Waals surface area (Å²) in [6, 6.07) is 6.89. The number of ether oxygens (including phenoxy) is 1. The van der Waals surface area contributed by atoms with Gasteiger partial charge in [-0.05, 0) is 56.3 Å². The van der Waals surface area contributed by atoms with Crippen LogP contribution in [0.25, 0.3) is 0 Å². The lowest BCUT2D eigenvalue weighted by Crippen LogP contribution is -2.36. The van der Waals surface area contributed by atoms with Crippen LogP contribution in [0.3, 0.4) is 0 Å². The van der Waals surface area contributed by atoms with E-state index in [9.17, 15) is 0 Å². The van der Waals surface area contributed by atoms with Crippen LogP contribution in [0.15, 0.2) is 18.2 Å². The van der Waals surface area contributed by atoms with E-state index in [1.165, 1.54) is 31.2 Å². The van der Waals surface area contributed by atoms with Crippen LogP contribution in [0.4, 0.5) is 5.69 Å². The molecule has 3 nitrogen and oxygen atoms in total. The molecular formula is C17H28N2O. The van der Waals surface area contributed by atoms with E-state index in [4.69, 9.17) is 10.5 Å². The van der Waals surface area contributed by atoms with Crippen LogP contribution in [-0.2, 0) is 0 Å². The molecule has 0 bridgehead atoms. The summed E-state index contributed by atoms with van der Waals surface area (Å²) < 4.78 is 5.88. The van der Waals surface area contributed by atoms with Crippen molar-refractivity contribution < 1.29 is 4.74 Å². The fraction of sp³-hybridized carbons (Fsp3) is 0.647. The van der Waals surface area contributed by atoms with Crippen LogP contribution in [0.2, 0.25) is 0 Å². The van der Waals surface area contributed by atoms with Crippen LogP contribution in [0, 0.1) is 12.8 Å². The van der Waals surface area contributed by atoms with E-state index < -0.39 is 0 Å². The Morgan fingerprint density at radius 2 is 2.10 bits per heavy atom. The summed E-state index contributed by atoms with van der Waals surface area (Å²) in [6.07, 6.45) is 6.09. The summed E-state index contributed by atoms with van der Waals surface area (Å²) in [5.74, 6) is 1.57. The second-order valence-electron chi connectivity index (χ2n) is 5.88. The molecule has 0 spiro atoms. The maximum Gasteiger partial charge on any atom is 0.142 e. The predicted octanol–water partition coefficient (Wildman–Crippen LogP) is 3.71. The van der Waals surface area contributed by atoms with Gasteiger partial charge in [0.1, 0.15) is 5.75 Å². The van der Waals surface area contributed by atoms with E-state index in [1.807, 2.05) is 0 Å². The number of rotatable bonds is 6. The Hall–Kier alpha value is -1.22. The molecule has 0 amide bonds. The average molecular weight is 276 g/mol. The highest BCUT2D eigenvalue weighted by Crippen LogP contribution is 2.31. The third-order valence-corrected chi connectivity index (χ3v) is 4.15. The highest BCUT2D eigenvalue weighted by atomic mass is 16.5. The molecule has 1 aliphatic carbocycles.